The smallest absolute Gasteiger partial charge is 0.137 e. The fourth-order valence-corrected chi connectivity index (χ4v) is 1.55. The van der Waals surface area contributed by atoms with Crippen LogP contribution in [-0.4, -0.2) is 14.5 Å². The van der Waals surface area contributed by atoms with Gasteiger partial charge in [0.1, 0.15) is 5.65 Å². The maximum absolute atomic E-state index is 8.92. The minimum atomic E-state index is 0.000166. The zero-order valence-corrected chi connectivity index (χ0v) is 7.78. The van der Waals surface area contributed by atoms with Gasteiger partial charge in [-0.2, -0.15) is 0 Å². The number of aliphatic hydroxyl groups excluding tert-OH is 1. The van der Waals surface area contributed by atoms with Crippen molar-refractivity contribution < 1.29 is 5.11 Å². The number of hydrogen-bond donors (Lipinski definition) is 1. The molecule has 2 rings (SSSR count). The van der Waals surface area contributed by atoms with Gasteiger partial charge in [0.2, 0.25) is 0 Å². The van der Waals surface area contributed by atoms with Gasteiger partial charge in [-0.3, -0.25) is 0 Å². The van der Waals surface area contributed by atoms with Gasteiger partial charge in [0.05, 0.1) is 12.3 Å². The van der Waals surface area contributed by atoms with Gasteiger partial charge in [-0.1, -0.05) is 0 Å². The largest absolute Gasteiger partial charge is 0.390 e. The molecule has 1 N–H and O–H groups in total. The van der Waals surface area contributed by atoms with Crippen molar-refractivity contribution in [2.45, 2.75) is 20.5 Å². The molecule has 3 nitrogen and oxygen atoms in total. The molecular weight excluding hydrogens is 164 g/mol. The molecule has 2 aromatic rings. The van der Waals surface area contributed by atoms with E-state index in [9.17, 15) is 0 Å². The van der Waals surface area contributed by atoms with Gasteiger partial charge in [0.25, 0.3) is 0 Å². The highest BCUT2D eigenvalue weighted by Gasteiger charge is 2.02. The highest BCUT2D eigenvalue weighted by molar-refractivity contribution is 5.44. The Balaban J connectivity index is 2.75. The highest BCUT2D eigenvalue weighted by Crippen LogP contribution is 2.11. The number of hydrogen-bond acceptors (Lipinski definition) is 2. The number of pyridine rings is 1. The van der Waals surface area contributed by atoms with Crippen LogP contribution in [0.4, 0.5) is 0 Å². The predicted octanol–water partition coefficient (Wildman–Crippen LogP) is 1.44. The van der Waals surface area contributed by atoms with E-state index in [0.717, 1.165) is 11.3 Å². The van der Waals surface area contributed by atoms with E-state index in [0.29, 0.717) is 5.69 Å². The summed E-state index contributed by atoms with van der Waals surface area (Å²) >= 11 is 0. The van der Waals surface area contributed by atoms with E-state index in [2.05, 4.69) is 11.1 Å². The van der Waals surface area contributed by atoms with Crippen LogP contribution in [-0.2, 0) is 6.61 Å². The van der Waals surface area contributed by atoms with Gasteiger partial charge >= 0.3 is 0 Å². The summed E-state index contributed by atoms with van der Waals surface area (Å²) in [6.07, 6.45) is 1.87. The van der Waals surface area contributed by atoms with E-state index < -0.39 is 0 Å². The minimum absolute atomic E-state index is 0.000166. The molecule has 0 radical (unpaired) electrons. The Morgan fingerprint density at radius 1 is 1.38 bits per heavy atom. The highest BCUT2D eigenvalue weighted by atomic mass is 16.3. The normalized spacial score (nSPS) is 11.0. The molecule has 0 aliphatic carbocycles. The summed E-state index contributed by atoms with van der Waals surface area (Å²) in [5.74, 6) is 0. The average molecular weight is 176 g/mol. The van der Waals surface area contributed by atoms with Crippen LogP contribution in [0.2, 0.25) is 0 Å². The first kappa shape index (κ1) is 8.26. The Bertz CT molecular complexity index is 445. The van der Waals surface area contributed by atoms with Crippen LogP contribution in [0, 0.1) is 13.8 Å². The Morgan fingerprint density at radius 3 is 2.85 bits per heavy atom. The van der Waals surface area contributed by atoms with Gasteiger partial charge in [0, 0.05) is 11.9 Å². The molecule has 0 unspecified atom stereocenters. The average Bonchev–Trinajstić information content (AvgIpc) is 2.47. The van der Waals surface area contributed by atoms with Crippen molar-refractivity contribution in [1.82, 2.24) is 9.38 Å². The zero-order chi connectivity index (χ0) is 9.42. The maximum atomic E-state index is 8.92. The second-order valence-corrected chi connectivity index (χ2v) is 3.29. The third-order valence-electron chi connectivity index (χ3n) is 2.12. The van der Waals surface area contributed by atoms with E-state index in [1.807, 2.05) is 30.5 Å². The number of fused-ring (bicyclic) bond motifs is 1. The fourth-order valence-electron chi connectivity index (χ4n) is 1.55. The van der Waals surface area contributed by atoms with E-state index in [-0.39, 0.29) is 6.61 Å². The molecule has 2 heterocycles. The van der Waals surface area contributed by atoms with Gasteiger partial charge in [-0.25, -0.2) is 4.98 Å². The molecule has 2 aromatic heterocycles. The van der Waals surface area contributed by atoms with Crippen molar-refractivity contribution in [3.8, 4) is 0 Å². The second-order valence-electron chi connectivity index (χ2n) is 3.29. The number of imidazole rings is 1. The van der Waals surface area contributed by atoms with Gasteiger partial charge in [-0.05, 0) is 31.5 Å². The molecule has 68 valence electrons. The van der Waals surface area contributed by atoms with E-state index in [4.69, 9.17) is 5.11 Å². The third-order valence-corrected chi connectivity index (χ3v) is 2.12. The molecule has 0 bridgehead atoms. The van der Waals surface area contributed by atoms with Crippen molar-refractivity contribution >= 4 is 5.65 Å². The Hall–Kier alpha value is -1.35. The Morgan fingerprint density at radius 2 is 2.15 bits per heavy atom. The Labute approximate surface area is 76.7 Å². The van der Waals surface area contributed by atoms with Crippen LogP contribution in [0.5, 0.6) is 0 Å². The molecule has 0 amide bonds. The summed E-state index contributed by atoms with van der Waals surface area (Å²) in [4.78, 5) is 4.27. The Kier molecular flexibility index (Phi) is 1.81. The summed E-state index contributed by atoms with van der Waals surface area (Å²) in [7, 11) is 0. The number of aliphatic hydroxyl groups is 1. The van der Waals surface area contributed by atoms with Crippen LogP contribution >= 0.6 is 0 Å². The standard InChI is InChI=1S/C10H12N2O/c1-7-3-8(2)12-5-9(6-13)11-10(12)4-7/h3-5,13H,6H2,1-2H3. The number of aromatic nitrogens is 2. The minimum Gasteiger partial charge on any atom is -0.390 e. The van der Waals surface area contributed by atoms with E-state index in [1.54, 1.807) is 0 Å². The lowest BCUT2D eigenvalue weighted by molar-refractivity contribution is 0.277. The predicted molar refractivity (Wildman–Crippen MR) is 50.6 cm³/mol. The van der Waals surface area contributed by atoms with Gasteiger partial charge < -0.3 is 9.51 Å². The first-order valence-electron chi connectivity index (χ1n) is 4.27. The molecule has 0 atom stereocenters. The monoisotopic (exact) mass is 176 g/mol. The molecule has 13 heavy (non-hydrogen) atoms. The van der Waals surface area contributed by atoms with Crippen LogP contribution < -0.4 is 0 Å². The molecular formula is C10H12N2O. The van der Waals surface area contributed by atoms with E-state index >= 15 is 0 Å². The summed E-state index contributed by atoms with van der Waals surface area (Å²) in [6, 6.07) is 4.10. The number of rotatable bonds is 1. The molecule has 0 spiro atoms. The van der Waals surface area contributed by atoms with Crippen molar-refractivity contribution in [2.75, 3.05) is 0 Å². The molecule has 0 aliphatic rings. The maximum Gasteiger partial charge on any atom is 0.137 e. The van der Waals surface area contributed by atoms with Crippen molar-refractivity contribution in [1.29, 1.82) is 0 Å². The fraction of sp³-hybridized carbons (Fsp3) is 0.300. The zero-order valence-electron chi connectivity index (χ0n) is 7.78. The number of aryl methyl sites for hydroxylation is 2. The molecule has 0 saturated carbocycles. The molecule has 0 aliphatic heterocycles. The summed E-state index contributed by atoms with van der Waals surface area (Å²) in [5, 5.41) is 8.92. The second kappa shape index (κ2) is 2.85. The molecule has 3 heteroatoms. The summed E-state index contributed by atoms with van der Waals surface area (Å²) < 4.78 is 1.98. The summed E-state index contributed by atoms with van der Waals surface area (Å²) in [5.41, 5.74) is 3.96. The van der Waals surface area contributed by atoms with Crippen molar-refractivity contribution in [3.63, 3.8) is 0 Å². The number of nitrogens with zero attached hydrogens (tertiary/aromatic N) is 2. The van der Waals surface area contributed by atoms with Crippen LogP contribution in [0.25, 0.3) is 5.65 Å². The lowest BCUT2D eigenvalue weighted by Gasteiger charge is -1.99. The van der Waals surface area contributed by atoms with Gasteiger partial charge in [0.15, 0.2) is 0 Å². The van der Waals surface area contributed by atoms with Gasteiger partial charge in [-0.15, -0.1) is 0 Å². The SMILES string of the molecule is Cc1cc(C)n2cc(CO)nc2c1. The van der Waals surface area contributed by atoms with Crippen molar-refractivity contribution in [3.05, 3.63) is 35.3 Å². The van der Waals surface area contributed by atoms with Crippen molar-refractivity contribution in [2.24, 2.45) is 0 Å². The van der Waals surface area contributed by atoms with Crippen LogP contribution in [0.3, 0.4) is 0 Å². The lowest BCUT2D eigenvalue weighted by atomic mass is 10.2. The van der Waals surface area contributed by atoms with E-state index in [1.165, 1.54) is 5.56 Å². The lowest BCUT2D eigenvalue weighted by Crippen LogP contribution is -1.89. The molecule has 0 fully saturated rings. The topological polar surface area (TPSA) is 37.5 Å². The van der Waals surface area contributed by atoms with Crippen LogP contribution in [0.1, 0.15) is 17.0 Å². The van der Waals surface area contributed by atoms with Crippen LogP contribution in [0.15, 0.2) is 18.3 Å². The molecule has 0 aromatic carbocycles. The first-order valence-corrected chi connectivity index (χ1v) is 4.27. The molecule has 0 saturated heterocycles. The summed E-state index contributed by atoms with van der Waals surface area (Å²) in [6.45, 7) is 4.07. The quantitative estimate of drug-likeness (QED) is 0.714. The third kappa shape index (κ3) is 1.31. The first-order chi connectivity index (χ1) is 6.20.